The molecule has 0 spiro atoms. The zero-order valence-corrected chi connectivity index (χ0v) is 46.6. The molecule has 0 aliphatic heterocycles. The van der Waals surface area contributed by atoms with Crippen LogP contribution in [-0.4, -0.2) is 189 Å². The largest absolute Gasteiger partial charge is 0.481 e. The Morgan fingerprint density at radius 3 is 1.79 bits per heavy atom. The molecule has 3 radical (unpaired) electrons. The fourth-order valence-corrected chi connectivity index (χ4v) is 7.05. The van der Waals surface area contributed by atoms with Crippen molar-refractivity contribution in [2.24, 2.45) is 11.8 Å². The van der Waals surface area contributed by atoms with Gasteiger partial charge >= 0.3 is 17.9 Å². The summed E-state index contributed by atoms with van der Waals surface area (Å²) < 4.78 is 5.07. The third kappa shape index (κ3) is 22.3. The minimum Gasteiger partial charge on any atom is -0.481 e. The van der Waals surface area contributed by atoms with Crippen molar-refractivity contribution in [1.29, 1.82) is 0 Å². The number of aliphatic carboxylic acids is 2. The molecule has 0 aliphatic rings. The summed E-state index contributed by atoms with van der Waals surface area (Å²) in [7, 11) is 0. The average molecular weight is 970 g/mol. The van der Waals surface area contributed by atoms with Gasteiger partial charge in [-0.1, -0.05) is 137 Å². The quantitative estimate of drug-likeness (QED) is 0.0591. The number of carboxylic acids is 2. The van der Waals surface area contributed by atoms with E-state index in [2.05, 4.69) is 25.9 Å². The number of aromatic amines is 1. The van der Waals surface area contributed by atoms with Gasteiger partial charge in [0.25, 0.3) is 0 Å². The van der Waals surface area contributed by atoms with Crippen molar-refractivity contribution in [2.45, 2.75) is 98.2 Å². The predicted molar refractivity (Wildman–Crippen MR) is 264 cm³/mol. The van der Waals surface area contributed by atoms with Crippen LogP contribution in [0.25, 0.3) is 33.6 Å². The number of esters is 1. The Morgan fingerprint density at radius 2 is 1.26 bits per heavy atom. The minimum atomic E-state index is -1.02. The first kappa shape index (κ1) is 68.4. The molecule has 355 valence electrons. The van der Waals surface area contributed by atoms with E-state index >= 15 is 0 Å². The van der Waals surface area contributed by atoms with Gasteiger partial charge in [0.05, 0.1) is 18.9 Å². The van der Waals surface area contributed by atoms with Crippen molar-refractivity contribution in [3.63, 3.8) is 0 Å². The van der Waals surface area contributed by atoms with Gasteiger partial charge in [-0.05, 0) is 70.7 Å². The van der Waals surface area contributed by atoms with E-state index in [9.17, 15) is 29.1 Å². The number of rotatable bonds is 21. The number of hydrogen-bond donors (Lipinski definition) is 4. The maximum atomic E-state index is 12.9. The van der Waals surface area contributed by atoms with Crippen LogP contribution in [0.1, 0.15) is 84.3 Å². The molecular formula is C48H64N6Na3O11. The summed E-state index contributed by atoms with van der Waals surface area (Å²) in [6.45, 7) is 9.76. The molecule has 1 aromatic heterocycles. The Balaban J connectivity index is -0.00000114. The number of unbranched alkanes of at least 4 members (excludes halogenated alkanes) is 1. The van der Waals surface area contributed by atoms with E-state index in [1.165, 1.54) is 4.90 Å². The molecule has 0 bridgehead atoms. The first-order valence-corrected chi connectivity index (χ1v) is 21.1. The van der Waals surface area contributed by atoms with Gasteiger partial charge in [-0.3, -0.25) is 19.2 Å². The summed E-state index contributed by atoms with van der Waals surface area (Å²) in [5, 5.41) is 35.7. The van der Waals surface area contributed by atoms with Gasteiger partial charge in [0, 0.05) is 120 Å². The van der Waals surface area contributed by atoms with Gasteiger partial charge in [0.2, 0.25) is 17.6 Å². The molecule has 68 heavy (non-hydrogen) atoms. The first-order valence-electron chi connectivity index (χ1n) is 21.1. The van der Waals surface area contributed by atoms with E-state index < -0.39 is 18.0 Å². The number of nitrogens with one attached hydrogen (secondary N) is 2. The van der Waals surface area contributed by atoms with Crippen LogP contribution in [0.4, 0.5) is 0 Å². The third-order valence-electron chi connectivity index (χ3n) is 10.2. The fraction of sp³-hybridized carbons (Fsp3) is 0.375. The van der Waals surface area contributed by atoms with Crippen LogP contribution in [0.2, 0.25) is 0 Å². The standard InChI is InChI=1S/C24H29N5O3.C24H29NO5.3Na.3H2O/c1-4-5-10-21(30)29(22(16(2)3)24(31)32)15-17-11-13-18(14-12-17)19-8-6-7-9-20(19)23-25-27-28-26-23;1-3-30-24(29)17(2)15-21(25-22(26)13-14-23(27)28)16-18-9-11-20(12-10-18)19-7-5-4-6-8-19;;;;;;/h6-9,11-14,16,22H,4-5,10,15H2,1-3H3,(H,31,32)(H,25,26,27,28);4-12,17,21H,3,13-16H2,1-2H3,(H,25,26)(H,27,28);;;;3*1H2/t22-;17-,21+;;;;;;/m01....../s1. The van der Waals surface area contributed by atoms with Crippen LogP contribution in [0.15, 0.2) is 103 Å². The number of amides is 2. The minimum absolute atomic E-state index is 0. The number of carboxylic acid groups (broad SMARTS) is 2. The molecule has 0 saturated carbocycles. The molecule has 5 rings (SSSR count). The number of carbonyl (C=O) groups excluding carboxylic acids is 3. The van der Waals surface area contributed by atoms with Gasteiger partial charge in [-0.25, -0.2) is 4.79 Å². The van der Waals surface area contributed by atoms with E-state index in [0.29, 0.717) is 31.7 Å². The van der Waals surface area contributed by atoms with Crippen LogP contribution in [-0.2, 0) is 41.7 Å². The molecular weight excluding hydrogens is 906 g/mol. The molecule has 0 saturated heterocycles. The molecule has 10 N–H and O–H groups in total. The summed E-state index contributed by atoms with van der Waals surface area (Å²) in [4.78, 5) is 61.2. The van der Waals surface area contributed by atoms with E-state index in [4.69, 9.17) is 9.84 Å². The molecule has 0 unspecified atom stereocenters. The first-order chi connectivity index (χ1) is 29.8. The Kier molecular flexibility index (Phi) is 36.4. The number of H-pyrrole nitrogens is 1. The molecule has 20 heteroatoms. The summed E-state index contributed by atoms with van der Waals surface area (Å²) >= 11 is 0. The summed E-state index contributed by atoms with van der Waals surface area (Å²) in [6, 6.07) is 32.5. The molecule has 0 fully saturated rings. The van der Waals surface area contributed by atoms with Gasteiger partial charge in [-0.2, -0.15) is 5.21 Å². The van der Waals surface area contributed by atoms with Crippen molar-refractivity contribution < 1.29 is 55.4 Å². The smallest absolute Gasteiger partial charge is 0.326 e. The second-order valence-electron chi connectivity index (χ2n) is 15.4. The van der Waals surface area contributed by atoms with Gasteiger partial charge in [0.15, 0.2) is 0 Å². The normalized spacial score (nSPS) is 11.2. The third-order valence-corrected chi connectivity index (χ3v) is 10.2. The van der Waals surface area contributed by atoms with Gasteiger partial charge < -0.3 is 41.6 Å². The molecule has 5 aromatic rings. The van der Waals surface area contributed by atoms with Crippen LogP contribution in [0.5, 0.6) is 0 Å². The number of carbonyl (C=O) groups is 5. The van der Waals surface area contributed by atoms with Gasteiger partial charge in [-0.15, -0.1) is 10.2 Å². The van der Waals surface area contributed by atoms with Crippen molar-refractivity contribution in [3.05, 3.63) is 114 Å². The summed E-state index contributed by atoms with van der Waals surface area (Å²) in [5.41, 5.74) is 6.91. The van der Waals surface area contributed by atoms with Crippen LogP contribution in [0, 0.1) is 11.8 Å². The van der Waals surface area contributed by atoms with Crippen molar-refractivity contribution in [1.82, 2.24) is 30.8 Å². The van der Waals surface area contributed by atoms with Crippen molar-refractivity contribution >= 4 is 118 Å². The molecule has 1 heterocycles. The van der Waals surface area contributed by atoms with E-state index in [0.717, 1.165) is 51.8 Å². The Hall–Kier alpha value is -3.82. The average Bonchev–Trinajstić information content (AvgIpc) is 3.81. The summed E-state index contributed by atoms with van der Waals surface area (Å²) in [6.07, 6.45) is 2.61. The number of tetrazole rings is 1. The second-order valence-corrected chi connectivity index (χ2v) is 15.4. The Labute approximate surface area is 464 Å². The molecule has 3 atom stereocenters. The number of aromatic nitrogens is 4. The molecule has 4 aromatic carbocycles. The van der Waals surface area contributed by atoms with Crippen LogP contribution >= 0.6 is 0 Å². The van der Waals surface area contributed by atoms with E-state index in [-0.39, 0.29) is 160 Å². The predicted octanol–water partition coefficient (Wildman–Crippen LogP) is 4.38. The van der Waals surface area contributed by atoms with Crippen LogP contribution < -0.4 is 5.32 Å². The Morgan fingerprint density at radius 1 is 0.706 bits per heavy atom. The zero-order chi connectivity index (χ0) is 45.0. The number of ether oxygens (including phenoxy) is 1. The second kappa shape index (κ2) is 36.2. The molecule has 17 nitrogen and oxygen atoms in total. The topological polar surface area (TPSA) is 299 Å². The molecule has 0 aliphatic carbocycles. The maximum Gasteiger partial charge on any atom is 0.326 e. The summed E-state index contributed by atoms with van der Waals surface area (Å²) in [5.74, 6) is -2.81. The van der Waals surface area contributed by atoms with Crippen molar-refractivity contribution in [3.8, 4) is 33.6 Å². The monoisotopic (exact) mass is 969 g/mol. The van der Waals surface area contributed by atoms with E-state index in [1.807, 2.05) is 124 Å². The number of benzene rings is 4. The van der Waals surface area contributed by atoms with E-state index in [1.54, 1.807) is 13.8 Å². The fourth-order valence-electron chi connectivity index (χ4n) is 7.05. The Bertz CT molecular complexity index is 2200. The number of nitrogens with zero attached hydrogens (tertiary/aromatic N) is 4. The van der Waals surface area contributed by atoms with Crippen LogP contribution in [0.3, 0.4) is 0 Å². The zero-order valence-electron chi connectivity index (χ0n) is 40.6. The van der Waals surface area contributed by atoms with Crippen molar-refractivity contribution in [2.75, 3.05) is 6.61 Å². The SMILES string of the molecule is CCCCC(=O)N(Cc1ccc(-c2ccccc2-c2nn[nH]n2)cc1)[C@H](C(=O)O)C(C)C.CCOC(=O)[C@H](C)C[C@@H](Cc1ccc(-c2ccccc2)cc1)NC(=O)CCC(=O)O.O.O.O.[Na].[Na].[Na]. The molecule has 2 amide bonds. The van der Waals surface area contributed by atoms with Gasteiger partial charge in [0.1, 0.15) is 6.04 Å². The number of hydrogen-bond acceptors (Lipinski definition) is 9. The maximum absolute atomic E-state index is 12.9.